The van der Waals surface area contributed by atoms with Crippen molar-refractivity contribution in [1.29, 1.82) is 0 Å². The van der Waals surface area contributed by atoms with Gasteiger partial charge in [0, 0.05) is 5.91 Å². The molecular formula is C8H16NO7-. The number of hydrogen-bond donors (Lipinski definition) is 6. The van der Waals surface area contributed by atoms with Crippen LogP contribution in [-0.4, -0.2) is 68.7 Å². The van der Waals surface area contributed by atoms with E-state index in [1.807, 2.05) is 5.32 Å². The highest BCUT2D eigenvalue weighted by Gasteiger charge is 2.44. The predicted molar refractivity (Wildman–Crippen MR) is 47.5 cm³/mol. The molecule has 1 aliphatic heterocycles. The Kier molecular flexibility index (Phi) is 4.21. The highest BCUT2D eigenvalue weighted by molar-refractivity contribution is 4.93. The van der Waals surface area contributed by atoms with Crippen LogP contribution in [0.4, 0.5) is 0 Å². The average Bonchev–Trinajstić information content (AvgIpc) is 2.17. The third-order valence-electron chi connectivity index (χ3n) is 2.33. The summed E-state index contributed by atoms with van der Waals surface area (Å²) >= 11 is 0. The van der Waals surface area contributed by atoms with Crippen LogP contribution in [0.2, 0.25) is 0 Å². The first-order chi connectivity index (χ1) is 7.26. The standard InChI is InChI=1S/C8H16NO7/c1-8(14,15)9-4-6(12)5(11)3(2-10)16-7(4)13/h3-7,9-14H,2H2,1H3/q-1/t3?,4?,5-,6+,7-,8?/m1/s1. The van der Waals surface area contributed by atoms with Crippen molar-refractivity contribution in [3.63, 3.8) is 0 Å². The first-order valence-corrected chi connectivity index (χ1v) is 4.77. The van der Waals surface area contributed by atoms with E-state index in [1.54, 1.807) is 0 Å². The Bertz CT molecular complexity index is 231. The molecule has 1 heterocycles. The molecule has 0 amide bonds. The molecule has 1 saturated heterocycles. The van der Waals surface area contributed by atoms with Crippen LogP contribution in [0.3, 0.4) is 0 Å². The van der Waals surface area contributed by atoms with Gasteiger partial charge in [-0.15, -0.1) is 0 Å². The van der Waals surface area contributed by atoms with Gasteiger partial charge >= 0.3 is 0 Å². The Morgan fingerprint density at radius 3 is 2.31 bits per heavy atom. The Morgan fingerprint density at radius 1 is 1.31 bits per heavy atom. The molecule has 0 bridgehead atoms. The molecule has 1 rings (SSSR count). The van der Waals surface area contributed by atoms with E-state index in [1.165, 1.54) is 0 Å². The van der Waals surface area contributed by atoms with Crippen molar-refractivity contribution < 1.29 is 35.4 Å². The van der Waals surface area contributed by atoms with E-state index in [2.05, 4.69) is 0 Å². The molecule has 16 heavy (non-hydrogen) atoms. The minimum Gasteiger partial charge on any atom is -0.817 e. The van der Waals surface area contributed by atoms with E-state index in [-0.39, 0.29) is 0 Å². The summed E-state index contributed by atoms with van der Waals surface area (Å²) in [5.74, 6) is -2.58. The lowest BCUT2D eigenvalue weighted by atomic mass is 9.97. The van der Waals surface area contributed by atoms with Gasteiger partial charge < -0.3 is 35.4 Å². The number of hydrogen-bond acceptors (Lipinski definition) is 8. The Hall–Kier alpha value is -0.320. The number of aliphatic hydroxyl groups excluding tert-OH is 4. The Morgan fingerprint density at radius 2 is 1.88 bits per heavy atom. The number of aliphatic hydroxyl groups is 5. The lowest BCUT2D eigenvalue weighted by molar-refractivity contribution is -0.556. The van der Waals surface area contributed by atoms with Gasteiger partial charge in [0.25, 0.3) is 0 Å². The minimum atomic E-state index is -2.58. The van der Waals surface area contributed by atoms with Crippen LogP contribution < -0.4 is 10.4 Å². The van der Waals surface area contributed by atoms with Gasteiger partial charge in [-0.05, 0) is 6.92 Å². The van der Waals surface area contributed by atoms with E-state index >= 15 is 0 Å². The molecular weight excluding hydrogens is 222 g/mol. The third kappa shape index (κ3) is 3.09. The Labute approximate surface area is 91.7 Å². The van der Waals surface area contributed by atoms with Crippen LogP contribution >= 0.6 is 0 Å². The molecule has 0 aromatic heterocycles. The molecule has 1 fully saturated rings. The number of nitrogens with one attached hydrogen (secondary N) is 1. The first-order valence-electron chi connectivity index (χ1n) is 4.77. The van der Waals surface area contributed by atoms with Gasteiger partial charge in [0.1, 0.15) is 18.3 Å². The van der Waals surface area contributed by atoms with E-state index in [0.29, 0.717) is 0 Å². The molecule has 0 aromatic rings. The molecule has 6 atom stereocenters. The predicted octanol–water partition coefficient (Wildman–Crippen LogP) is -4.60. The summed E-state index contributed by atoms with van der Waals surface area (Å²) in [6, 6.07) is -1.34. The zero-order valence-electron chi connectivity index (χ0n) is 8.65. The normalized spacial score (nSPS) is 44.1. The molecule has 8 heteroatoms. The summed E-state index contributed by atoms with van der Waals surface area (Å²) in [7, 11) is 0. The Balaban J connectivity index is 2.72. The van der Waals surface area contributed by atoms with Crippen LogP contribution in [0.1, 0.15) is 6.92 Å². The summed E-state index contributed by atoms with van der Waals surface area (Å²) in [5.41, 5.74) is 0. The van der Waals surface area contributed by atoms with Crippen molar-refractivity contribution in [3.8, 4) is 0 Å². The van der Waals surface area contributed by atoms with E-state index in [0.717, 1.165) is 6.92 Å². The second-order valence-corrected chi connectivity index (χ2v) is 3.88. The van der Waals surface area contributed by atoms with Crippen LogP contribution in [0.15, 0.2) is 0 Å². The summed E-state index contributed by atoms with van der Waals surface area (Å²) in [5, 5.41) is 59.1. The van der Waals surface area contributed by atoms with Crippen molar-refractivity contribution >= 4 is 0 Å². The summed E-state index contributed by atoms with van der Waals surface area (Å²) < 4.78 is 4.76. The summed E-state index contributed by atoms with van der Waals surface area (Å²) in [6.45, 7) is 0.284. The molecule has 0 aliphatic carbocycles. The van der Waals surface area contributed by atoms with E-state index < -0.39 is 43.2 Å². The monoisotopic (exact) mass is 238 g/mol. The van der Waals surface area contributed by atoms with Gasteiger partial charge in [-0.1, -0.05) is 0 Å². The largest absolute Gasteiger partial charge is 0.817 e. The third-order valence-corrected chi connectivity index (χ3v) is 2.33. The van der Waals surface area contributed by atoms with Crippen LogP contribution in [-0.2, 0) is 4.74 Å². The SMILES string of the molecule is CC([O-])(O)NC1[C@H](O)OC(CO)[C@@H](O)[C@H]1O. The maximum atomic E-state index is 11.0. The minimum absolute atomic E-state index is 0.588. The van der Waals surface area contributed by atoms with Crippen LogP contribution in [0.5, 0.6) is 0 Å². The quantitative estimate of drug-likeness (QED) is 0.269. The smallest absolute Gasteiger partial charge is 0.173 e. The molecule has 0 aromatic carbocycles. The van der Waals surface area contributed by atoms with Crippen molar-refractivity contribution in [2.75, 3.05) is 6.61 Å². The van der Waals surface area contributed by atoms with E-state index in [9.17, 15) is 20.4 Å². The molecule has 3 unspecified atom stereocenters. The average molecular weight is 238 g/mol. The summed E-state index contributed by atoms with van der Waals surface area (Å²) in [4.78, 5) is 0. The van der Waals surface area contributed by atoms with Gasteiger partial charge in [0.05, 0.1) is 12.6 Å². The van der Waals surface area contributed by atoms with Crippen molar-refractivity contribution in [2.45, 2.75) is 43.5 Å². The number of ether oxygens (including phenoxy) is 1. The molecule has 0 saturated carbocycles. The highest BCUT2D eigenvalue weighted by Crippen LogP contribution is 2.20. The molecule has 1 aliphatic rings. The molecule has 0 radical (unpaired) electrons. The fourth-order valence-electron chi connectivity index (χ4n) is 1.56. The van der Waals surface area contributed by atoms with Gasteiger partial charge in [0.2, 0.25) is 0 Å². The zero-order valence-corrected chi connectivity index (χ0v) is 8.65. The fraction of sp³-hybridized carbons (Fsp3) is 1.00. The molecule has 96 valence electrons. The fourth-order valence-corrected chi connectivity index (χ4v) is 1.56. The molecule has 0 spiro atoms. The zero-order chi connectivity index (χ0) is 12.5. The van der Waals surface area contributed by atoms with Crippen LogP contribution in [0, 0.1) is 0 Å². The van der Waals surface area contributed by atoms with Gasteiger partial charge in [-0.2, -0.15) is 0 Å². The van der Waals surface area contributed by atoms with Gasteiger partial charge in [-0.3, -0.25) is 5.32 Å². The second-order valence-electron chi connectivity index (χ2n) is 3.88. The molecule has 8 nitrogen and oxygen atoms in total. The maximum Gasteiger partial charge on any atom is 0.173 e. The van der Waals surface area contributed by atoms with Crippen molar-refractivity contribution in [1.82, 2.24) is 5.32 Å². The van der Waals surface area contributed by atoms with Gasteiger partial charge in [-0.25, -0.2) is 0 Å². The molecule has 6 N–H and O–H groups in total. The topological polar surface area (TPSA) is 145 Å². The highest BCUT2D eigenvalue weighted by atomic mass is 16.6. The van der Waals surface area contributed by atoms with Crippen molar-refractivity contribution in [3.05, 3.63) is 0 Å². The summed E-state index contributed by atoms with van der Waals surface area (Å²) in [6.07, 6.45) is -5.76. The van der Waals surface area contributed by atoms with E-state index in [4.69, 9.17) is 14.9 Å². The second kappa shape index (κ2) is 4.90. The van der Waals surface area contributed by atoms with Crippen LogP contribution in [0.25, 0.3) is 0 Å². The number of rotatable bonds is 3. The lowest BCUT2D eigenvalue weighted by Crippen LogP contribution is -2.69. The van der Waals surface area contributed by atoms with Gasteiger partial charge in [0.15, 0.2) is 6.29 Å². The maximum absolute atomic E-state index is 11.0. The first kappa shape index (κ1) is 13.7. The van der Waals surface area contributed by atoms with Crippen molar-refractivity contribution in [2.24, 2.45) is 0 Å². The lowest BCUT2D eigenvalue weighted by Gasteiger charge is -2.45.